The normalized spacial score (nSPS) is 11.7. The lowest BCUT2D eigenvalue weighted by Crippen LogP contribution is -2.24. The lowest BCUT2D eigenvalue weighted by atomic mass is 9.98. The van der Waals surface area contributed by atoms with Gasteiger partial charge in [0.25, 0.3) is 5.91 Å². The van der Waals surface area contributed by atoms with Crippen LogP contribution >= 0.6 is 12.6 Å². The molecular weight excluding hydrogens is 320 g/mol. The summed E-state index contributed by atoms with van der Waals surface area (Å²) in [6.07, 6.45) is 0. The number of aryl methyl sites for hydroxylation is 1. The predicted molar refractivity (Wildman–Crippen MR) is 101 cm³/mol. The zero-order valence-electron chi connectivity index (χ0n) is 14.1. The number of carbonyl (C=O) groups excluding carboxylic acids is 1. The van der Waals surface area contributed by atoms with Crippen LogP contribution in [0.4, 0.5) is 0 Å². The van der Waals surface area contributed by atoms with Gasteiger partial charge in [-0.05, 0) is 42.7 Å². The van der Waals surface area contributed by atoms with Gasteiger partial charge >= 0.3 is 0 Å². The molecule has 4 nitrogen and oxygen atoms in total. The minimum Gasteiger partial charge on any atom is -0.497 e. The Bertz CT molecular complexity index is 781. The standard InChI is InChI=1S/C19H22N2O2S/c1-12-5-4-6-14(9-12)17-8-7-16(23-3)10-15(17)11-21-19(22)18(24)13(2)20/h4-10,24H,11,20H2,1-3H3,(H,21,22)/b18-13-. The fourth-order valence-electron chi connectivity index (χ4n) is 2.38. The molecule has 0 aliphatic rings. The molecule has 0 aliphatic carbocycles. The highest BCUT2D eigenvalue weighted by atomic mass is 32.1. The molecule has 2 aromatic rings. The Morgan fingerprint density at radius 3 is 2.62 bits per heavy atom. The summed E-state index contributed by atoms with van der Waals surface area (Å²) in [5.74, 6) is 0.448. The van der Waals surface area contributed by atoms with Crippen LogP contribution in [0.25, 0.3) is 11.1 Å². The van der Waals surface area contributed by atoms with Gasteiger partial charge in [-0.15, -0.1) is 12.6 Å². The molecule has 0 saturated carbocycles. The van der Waals surface area contributed by atoms with Crippen LogP contribution in [0.3, 0.4) is 0 Å². The summed E-state index contributed by atoms with van der Waals surface area (Å²) >= 11 is 4.13. The molecule has 0 unspecified atom stereocenters. The molecule has 2 aromatic carbocycles. The second-order valence-corrected chi connectivity index (χ2v) is 6.05. The number of nitrogens with two attached hydrogens (primary N) is 1. The second kappa shape index (κ2) is 7.93. The largest absolute Gasteiger partial charge is 0.497 e. The van der Waals surface area contributed by atoms with Gasteiger partial charge in [0, 0.05) is 12.2 Å². The van der Waals surface area contributed by atoms with Gasteiger partial charge in [-0.1, -0.05) is 35.9 Å². The first-order chi connectivity index (χ1) is 11.4. The van der Waals surface area contributed by atoms with Crippen molar-refractivity contribution in [2.75, 3.05) is 7.11 Å². The number of methoxy groups -OCH3 is 1. The van der Waals surface area contributed by atoms with E-state index in [4.69, 9.17) is 10.5 Å². The summed E-state index contributed by atoms with van der Waals surface area (Å²) in [7, 11) is 1.62. The number of carbonyl (C=O) groups is 1. The minimum atomic E-state index is -0.295. The van der Waals surface area contributed by atoms with Crippen molar-refractivity contribution in [1.82, 2.24) is 5.32 Å². The summed E-state index contributed by atoms with van der Waals surface area (Å²) in [6.45, 7) is 4.05. The molecule has 24 heavy (non-hydrogen) atoms. The molecule has 0 fully saturated rings. The second-order valence-electron chi connectivity index (χ2n) is 5.61. The number of nitrogens with one attached hydrogen (secondary N) is 1. The fraction of sp³-hybridized carbons (Fsp3) is 0.211. The maximum atomic E-state index is 12.1. The van der Waals surface area contributed by atoms with E-state index in [2.05, 4.69) is 37.0 Å². The van der Waals surface area contributed by atoms with Gasteiger partial charge in [0.15, 0.2) is 0 Å². The molecule has 0 atom stereocenters. The van der Waals surface area contributed by atoms with Crippen LogP contribution < -0.4 is 15.8 Å². The highest BCUT2D eigenvalue weighted by Gasteiger charge is 2.11. The summed E-state index contributed by atoms with van der Waals surface area (Å²) in [5, 5.41) is 2.85. The van der Waals surface area contributed by atoms with Gasteiger partial charge in [0.05, 0.1) is 12.0 Å². The first-order valence-corrected chi connectivity index (χ1v) is 8.04. The van der Waals surface area contributed by atoms with E-state index < -0.39 is 0 Å². The van der Waals surface area contributed by atoms with Gasteiger partial charge in [-0.3, -0.25) is 4.79 Å². The van der Waals surface area contributed by atoms with Crippen LogP contribution in [0.15, 0.2) is 53.1 Å². The van der Waals surface area contributed by atoms with Crippen molar-refractivity contribution >= 4 is 18.5 Å². The molecule has 0 radical (unpaired) electrons. The molecule has 0 bridgehead atoms. The quantitative estimate of drug-likeness (QED) is 0.576. The highest BCUT2D eigenvalue weighted by Crippen LogP contribution is 2.28. The molecule has 0 spiro atoms. The van der Waals surface area contributed by atoms with Gasteiger partial charge in [0.2, 0.25) is 0 Å². The predicted octanol–water partition coefficient (Wildman–Crippen LogP) is 3.41. The molecule has 0 aliphatic heterocycles. The highest BCUT2D eigenvalue weighted by molar-refractivity contribution is 7.85. The van der Waals surface area contributed by atoms with Crippen molar-refractivity contribution in [3.63, 3.8) is 0 Å². The van der Waals surface area contributed by atoms with E-state index >= 15 is 0 Å². The first-order valence-electron chi connectivity index (χ1n) is 7.60. The number of hydrogen-bond acceptors (Lipinski definition) is 4. The SMILES string of the molecule is COc1ccc(-c2cccc(C)c2)c(CNC(=O)/C(S)=C(\C)N)c1. The third kappa shape index (κ3) is 4.32. The topological polar surface area (TPSA) is 64.3 Å². The Balaban J connectivity index is 2.33. The van der Waals surface area contributed by atoms with Crippen LogP contribution in [0.1, 0.15) is 18.1 Å². The maximum Gasteiger partial charge on any atom is 0.259 e. The Morgan fingerprint density at radius 1 is 1.25 bits per heavy atom. The molecule has 3 N–H and O–H groups in total. The number of benzene rings is 2. The molecule has 2 rings (SSSR count). The Labute approximate surface area is 148 Å². The summed E-state index contributed by atoms with van der Waals surface area (Å²) in [5.41, 5.74) is 10.3. The van der Waals surface area contributed by atoms with Crippen LogP contribution in [0.2, 0.25) is 0 Å². The number of hydrogen-bond donors (Lipinski definition) is 3. The molecule has 5 heteroatoms. The molecule has 0 aromatic heterocycles. The minimum absolute atomic E-state index is 0.231. The van der Waals surface area contributed by atoms with E-state index in [9.17, 15) is 4.79 Å². The van der Waals surface area contributed by atoms with E-state index in [1.807, 2.05) is 30.3 Å². The smallest absolute Gasteiger partial charge is 0.259 e. The number of ether oxygens (including phenoxy) is 1. The van der Waals surface area contributed by atoms with Crippen molar-refractivity contribution in [1.29, 1.82) is 0 Å². The lowest BCUT2D eigenvalue weighted by Gasteiger charge is -2.13. The van der Waals surface area contributed by atoms with Gasteiger partial charge in [-0.25, -0.2) is 0 Å². The maximum absolute atomic E-state index is 12.1. The van der Waals surface area contributed by atoms with Crippen LogP contribution in [0, 0.1) is 6.92 Å². The molecule has 0 heterocycles. The monoisotopic (exact) mass is 342 g/mol. The van der Waals surface area contributed by atoms with E-state index in [0.29, 0.717) is 12.2 Å². The third-order valence-corrected chi connectivity index (χ3v) is 4.23. The van der Waals surface area contributed by atoms with Gasteiger partial charge in [-0.2, -0.15) is 0 Å². The van der Waals surface area contributed by atoms with Crippen molar-refractivity contribution in [2.45, 2.75) is 20.4 Å². The van der Waals surface area contributed by atoms with Crippen molar-refractivity contribution in [3.8, 4) is 16.9 Å². The fourth-order valence-corrected chi connectivity index (χ4v) is 2.45. The van der Waals surface area contributed by atoms with Crippen molar-refractivity contribution in [3.05, 3.63) is 64.2 Å². The average molecular weight is 342 g/mol. The summed E-state index contributed by atoms with van der Waals surface area (Å²) < 4.78 is 5.30. The zero-order chi connectivity index (χ0) is 17.7. The molecular formula is C19H22N2O2S. The van der Waals surface area contributed by atoms with E-state index in [-0.39, 0.29) is 10.8 Å². The van der Waals surface area contributed by atoms with E-state index in [1.165, 1.54) is 5.56 Å². The van der Waals surface area contributed by atoms with Crippen molar-refractivity contribution in [2.24, 2.45) is 5.73 Å². The number of thiol groups is 1. The Kier molecular flexibility index (Phi) is 5.93. The van der Waals surface area contributed by atoms with Crippen LogP contribution in [-0.2, 0) is 11.3 Å². The Morgan fingerprint density at radius 2 is 2.00 bits per heavy atom. The van der Waals surface area contributed by atoms with E-state index in [0.717, 1.165) is 22.4 Å². The first kappa shape index (κ1) is 17.9. The van der Waals surface area contributed by atoms with Crippen LogP contribution in [-0.4, -0.2) is 13.0 Å². The summed E-state index contributed by atoms with van der Waals surface area (Å²) in [6, 6.07) is 14.1. The summed E-state index contributed by atoms with van der Waals surface area (Å²) in [4.78, 5) is 12.3. The lowest BCUT2D eigenvalue weighted by molar-refractivity contribution is -0.117. The number of amides is 1. The zero-order valence-corrected chi connectivity index (χ0v) is 15.0. The Hall–Kier alpha value is -2.40. The van der Waals surface area contributed by atoms with Crippen LogP contribution in [0.5, 0.6) is 5.75 Å². The molecule has 0 saturated heterocycles. The third-order valence-electron chi connectivity index (χ3n) is 3.67. The van der Waals surface area contributed by atoms with Gasteiger partial charge < -0.3 is 15.8 Å². The average Bonchev–Trinajstić information content (AvgIpc) is 2.58. The number of rotatable bonds is 5. The van der Waals surface area contributed by atoms with Gasteiger partial charge in [0.1, 0.15) is 5.75 Å². The van der Waals surface area contributed by atoms with E-state index in [1.54, 1.807) is 14.0 Å². The molecule has 126 valence electrons. The number of allylic oxidation sites excluding steroid dienone is 1. The van der Waals surface area contributed by atoms with Crippen molar-refractivity contribution < 1.29 is 9.53 Å². The molecule has 1 amide bonds.